The predicted octanol–water partition coefficient (Wildman–Crippen LogP) is -1.41. The minimum atomic E-state index is -0.611. The van der Waals surface area contributed by atoms with Crippen LogP contribution in [0, 0.1) is 0 Å². The Morgan fingerprint density at radius 2 is 2.26 bits per heavy atom. The number of nitrogens with zero attached hydrogens (tertiary/aromatic N) is 3. The van der Waals surface area contributed by atoms with Crippen molar-refractivity contribution in [2.24, 2.45) is 5.16 Å². The first kappa shape index (κ1) is 19.2. The van der Waals surface area contributed by atoms with E-state index in [1.165, 1.54) is 14.2 Å². The topological polar surface area (TPSA) is 110 Å². The molecule has 0 aliphatic carbocycles. The molecule has 2 atom stereocenters. The number of carbonyl (C=O) groups is 3. The summed E-state index contributed by atoms with van der Waals surface area (Å²) in [7, 11) is 4.46. The predicted molar refractivity (Wildman–Crippen MR) is 82.3 cm³/mol. The second kappa shape index (κ2) is 9.33. The first-order valence-corrected chi connectivity index (χ1v) is 7.07. The highest BCUT2D eigenvalue weighted by Crippen LogP contribution is 2.19. The highest BCUT2D eigenvalue weighted by molar-refractivity contribution is 7.75. The largest absolute Gasteiger partial charge is 0.468 e. The number of amides is 2. The van der Waals surface area contributed by atoms with Gasteiger partial charge in [-0.1, -0.05) is 5.16 Å². The first-order valence-electron chi connectivity index (χ1n) is 6.71. The summed E-state index contributed by atoms with van der Waals surface area (Å²) < 4.78 is 9.44. The normalized spacial score (nSPS) is 23.2. The van der Waals surface area contributed by atoms with Gasteiger partial charge in [0.15, 0.2) is 6.61 Å². The highest BCUT2D eigenvalue weighted by atomic mass is 32.1. The van der Waals surface area contributed by atoms with E-state index in [-0.39, 0.29) is 25.5 Å². The van der Waals surface area contributed by atoms with Gasteiger partial charge in [-0.05, 0) is 7.05 Å². The van der Waals surface area contributed by atoms with Crippen molar-refractivity contribution in [3.05, 3.63) is 0 Å². The fourth-order valence-corrected chi connectivity index (χ4v) is 2.27. The van der Waals surface area contributed by atoms with E-state index in [4.69, 9.17) is 9.57 Å². The van der Waals surface area contributed by atoms with Crippen LogP contribution in [-0.2, 0) is 28.2 Å². The lowest BCUT2D eigenvalue weighted by Gasteiger charge is -2.38. The van der Waals surface area contributed by atoms with E-state index in [1.54, 1.807) is 11.9 Å². The van der Waals surface area contributed by atoms with Crippen molar-refractivity contribution < 1.29 is 28.2 Å². The average molecular weight is 348 g/mol. The molecule has 1 rings (SSSR count). The number of ether oxygens (including phenoxy) is 1. The van der Waals surface area contributed by atoms with Gasteiger partial charge in [0.25, 0.3) is 5.91 Å². The fourth-order valence-electron chi connectivity index (χ4n) is 2.12. The van der Waals surface area contributed by atoms with Gasteiger partial charge in [-0.3, -0.25) is 19.3 Å². The molecule has 0 aromatic rings. The summed E-state index contributed by atoms with van der Waals surface area (Å²) in [6.07, 6.45) is 0.599. The number of likely N-dealkylation sites (tertiary alicyclic amines) is 1. The lowest BCUT2D eigenvalue weighted by molar-refractivity contribution is -0.150. The van der Waals surface area contributed by atoms with E-state index in [2.05, 4.69) is 27.7 Å². The smallest absolute Gasteiger partial charge is 0.323 e. The number of thiol groups is 1. The summed E-state index contributed by atoms with van der Waals surface area (Å²) in [5.41, 5.74) is 0.364. The van der Waals surface area contributed by atoms with Crippen LogP contribution in [0.3, 0.4) is 0 Å². The number of esters is 1. The Hall–Kier alpha value is -1.85. The summed E-state index contributed by atoms with van der Waals surface area (Å²) in [5, 5.41) is 7.20. The Morgan fingerprint density at radius 1 is 1.57 bits per heavy atom. The third-order valence-electron chi connectivity index (χ3n) is 3.42. The number of hydrogen-bond acceptors (Lipinski definition) is 9. The Kier molecular flexibility index (Phi) is 7.78. The maximum absolute atomic E-state index is 11.8. The van der Waals surface area contributed by atoms with Gasteiger partial charge in [-0.15, -0.1) is 0 Å². The van der Waals surface area contributed by atoms with Gasteiger partial charge < -0.3 is 14.9 Å². The molecule has 1 heterocycles. The molecule has 10 nitrogen and oxygen atoms in total. The van der Waals surface area contributed by atoms with Gasteiger partial charge in [0.05, 0.1) is 12.8 Å². The monoisotopic (exact) mass is 348 g/mol. The van der Waals surface area contributed by atoms with Gasteiger partial charge in [0, 0.05) is 32.9 Å². The third-order valence-corrected chi connectivity index (χ3v) is 3.60. The molecule has 1 aliphatic heterocycles. The van der Waals surface area contributed by atoms with Gasteiger partial charge in [0.2, 0.25) is 6.41 Å². The molecular formula is C12H20N4O6S. The van der Waals surface area contributed by atoms with Crippen molar-refractivity contribution >= 4 is 36.9 Å². The minimum absolute atomic E-state index is 0.156. The molecule has 1 aliphatic rings. The number of hydroxylamine groups is 2. The van der Waals surface area contributed by atoms with Crippen LogP contribution in [0.15, 0.2) is 5.16 Å². The zero-order valence-electron chi connectivity index (χ0n) is 13.1. The molecule has 11 heteroatoms. The molecular weight excluding hydrogens is 328 g/mol. The second-order valence-electron chi connectivity index (χ2n) is 4.77. The number of oxime groups is 1. The van der Waals surface area contributed by atoms with Crippen LogP contribution < -0.4 is 5.32 Å². The van der Waals surface area contributed by atoms with Crippen LogP contribution in [0.25, 0.3) is 0 Å². The number of rotatable bonds is 7. The molecule has 1 saturated heterocycles. The summed E-state index contributed by atoms with van der Waals surface area (Å²) in [6, 6.07) is -1.19. The average Bonchev–Trinajstić information content (AvgIpc) is 2.56. The Morgan fingerprint density at radius 3 is 2.78 bits per heavy atom. The molecule has 1 fully saturated rings. The summed E-state index contributed by atoms with van der Waals surface area (Å²) in [6.45, 7) is -0.0322. The quantitative estimate of drug-likeness (QED) is 0.191. The van der Waals surface area contributed by atoms with Crippen molar-refractivity contribution in [1.82, 2.24) is 15.3 Å². The molecule has 1 unspecified atom stereocenters. The summed E-state index contributed by atoms with van der Waals surface area (Å²) in [5.74, 6) is -0.796. The van der Waals surface area contributed by atoms with Crippen molar-refractivity contribution in [1.29, 1.82) is 0 Å². The zero-order valence-corrected chi connectivity index (χ0v) is 14.0. The van der Waals surface area contributed by atoms with Gasteiger partial charge >= 0.3 is 5.97 Å². The van der Waals surface area contributed by atoms with Crippen LogP contribution in [-0.4, -0.2) is 80.4 Å². The van der Waals surface area contributed by atoms with E-state index < -0.39 is 18.1 Å². The number of methoxy groups -OCH3 is 1. The fraction of sp³-hybridized carbons (Fsp3) is 0.667. The van der Waals surface area contributed by atoms with Crippen LogP contribution in [0.1, 0.15) is 6.42 Å². The number of likely N-dealkylation sites (N-methyl/N-ethyl adjacent to an activating group) is 2. The van der Waals surface area contributed by atoms with Gasteiger partial charge in [0.1, 0.15) is 12.1 Å². The van der Waals surface area contributed by atoms with E-state index in [0.29, 0.717) is 12.1 Å². The van der Waals surface area contributed by atoms with Crippen LogP contribution in [0.4, 0.5) is 0 Å². The molecule has 130 valence electrons. The van der Waals surface area contributed by atoms with Crippen molar-refractivity contribution in [3.63, 3.8) is 0 Å². The number of carbonyl (C=O) groups excluding carboxylic acids is 3. The maximum atomic E-state index is 11.8. The molecule has 1 N–H and O–H groups in total. The minimum Gasteiger partial charge on any atom is -0.468 e. The van der Waals surface area contributed by atoms with Crippen LogP contribution in [0.2, 0.25) is 0 Å². The van der Waals surface area contributed by atoms with Crippen molar-refractivity contribution in [2.75, 3.05) is 34.4 Å². The van der Waals surface area contributed by atoms with Crippen molar-refractivity contribution in [3.8, 4) is 0 Å². The summed E-state index contributed by atoms with van der Waals surface area (Å²) in [4.78, 5) is 40.7. The van der Waals surface area contributed by atoms with E-state index in [1.807, 2.05) is 0 Å². The Balaban J connectivity index is 2.94. The first-order chi connectivity index (χ1) is 11.0. The molecule has 0 aromatic carbocycles. The Labute approximate surface area is 139 Å². The van der Waals surface area contributed by atoms with Crippen LogP contribution >= 0.6 is 12.9 Å². The van der Waals surface area contributed by atoms with E-state index in [0.717, 1.165) is 5.06 Å². The number of piperidine rings is 1. The van der Waals surface area contributed by atoms with E-state index >= 15 is 0 Å². The highest BCUT2D eigenvalue weighted by Gasteiger charge is 2.39. The molecule has 0 spiro atoms. The lowest BCUT2D eigenvalue weighted by Crippen LogP contribution is -2.57. The number of nitrogens with one attached hydrogen (secondary N) is 1. The number of hydrogen-bond donors (Lipinski definition) is 2. The van der Waals surface area contributed by atoms with Crippen molar-refractivity contribution in [2.45, 2.75) is 18.5 Å². The maximum Gasteiger partial charge on any atom is 0.323 e. The molecule has 23 heavy (non-hydrogen) atoms. The summed E-state index contributed by atoms with van der Waals surface area (Å²) >= 11 is 3.62. The molecule has 0 radical (unpaired) electrons. The standard InChI is InChI=1S/C12H20N4O6S/c1-13-11(18)6-21-14-8-4-9(12(19)20-3)15(2)5-10(8)16(7-17)22-23/h7,9-10,23H,4-6H2,1-3H3,(H,13,18)/b14-8-/t9-,10?/m0/s1. The molecule has 0 aromatic heterocycles. The zero-order chi connectivity index (χ0) is 17.4. The molecule has 0 saturated carbocycles. The molecule has 0 bridgehead atoms. The van der Waals surface area contributed by atoms with Gasteiger partial charge in [-0.2, -0.15) is 0 Å². The SMILES string of the molecule is CNC(=O)CO/N=C1/C[C@@H](C(=O)OC)N(C)CC1N(C=O)OS. The second-order valence-corrected chi connectivity index (χ2v) is 4.94. The lowest BCUT2D eigenvalue weighted by atomic mass is 9.96. The third kappa shape index (κ3) is 5.08. The van der Waals surface area contributed by atoms with Gasteiger partial charge in [-0.25, -0.2) is 9.35 Å². The van der Waals surface area contributed by atoms with Crippen LogP contribution in [0.5, 0.6) is 0 Å². The molecule has 2 amide bonds. The van der Waals surface area contributed by atoms with E-state index in [9.17, 15) is 14.4 Å². The Bertz CT molecular complexity index is 474.